The Bertz CT molecular complexity index is 984. The number of hydrogen-bond acceptors (Lipinski definition) is 7. The third kappa shape index (κ3) is 7.29. The summed E-state index contributed by atoms with van der Waals surface area (Å²) in [7, 11) is 0. The van der Waals surface area contributed by atoms with Crippen LogP contribution in [0.4, 0.5) is 10.1 Å². The molecule has 3 fully saturated rings. The molecule has 2 aliphatic heterocycles. The van der Waals surface area contributed by atoms with Gasteiger partial charge in [-0.1, -0.05) is 19.9 Å². The van der Waals surface area contributed by atoms with Crippen molar-refractivity contribution in [1.29, 1.82) is 0 Å². The zero-order valence-electron chi connectivity index (χ0n) is 21.9. The molecule has 4 rings (SSSR count). The number of imide groups is 1. The summed E-state index contributed by atoms with van der Waals surface area (Å²) in [6.45, 7) is 6.60. The van der Waals surface area contributed by atoms with Gasteiger partial charge in [-0.05, 0) is 87.6 Å². The highest BCUT2D eigenvalue weighted by molar-refractivity contribution is 6.01. The molecule has 2 amide bonds. The molecule has 1 aromatic rings. The molecule has 37 heavy (non-hydrogen) atoms. The van der Waals surface area contributed by atoms with Gasteiger partial charge in [0.05, 0.1) is 18.1 Å². The highest BCUT2D eigenvalue weighted by Gasteiger charge is 2.38. The van der Waals surface area contributed by atoms with Gasteiger partial charge < -0.3 is 20.1 Å². The molecule has 1 aromatic carbocycles. The van der Waals surface area contributed by atoms with Crippen molar-refractivity contribution < 1.29 is 28.6 Å². The molecule has 0 radical (unpaired) electrons. The Labute approximate surface area is 218 Å². The maximum atomic E-state index is 15.0. The molecular weight excluding hydrogens is 477 g/mol. The molecule has 2 heterocycles. The molecule has 1 aliphatic carbocycles. The van der Waals surface area contributed by atoms with Gasteiger partial charge in [-0.2, -0.15) is 0 Å². The first-order valence-corrected chi connectivity index (χ1v) is 13.6. The Morgan fingerprint density at radius 3 is 2.51 bits per heavy atom. The third-order valence-electron chi connectivity index (χ3n) is 7.93. The van der Waals surface area contributed by atoms with Gasteiger partial charge in [-0.25, -0.2) is 4.39 Å². The van der Waals surface area contributed by atoms with Crippen molar-refractivity contribution in [3.8, 4) is 0 Å². The summed E-state index contributed by atoms with van der Waals surface area (Å²) >= 11 is 0. The van der Waals surface area contributed by atoms with Gasteiger partial charge in [-0.15, -0.1) is 0 Å². The van der Waals surface area contributed by atoms with Gasteiger partial charge in [-0.3, -0.25) is 19.7 Å². The number of amides is 2. The van der Waals surface area contributed by atoms with Crippen molar-refractivity contribution >= 4 is 23.5 Å². The molecular formula is C28H40FN3O5. The van der Waals surface area contributed by atoms with Crippen LogP contribution in [0.3, 0.4) is 0 Å². The normalized spacial score (nSPS) is 27.7. The number of piperidine rings is 2. The second-order valence-corrected chi connectivity index (χ2v) is 11.5. The van der Waals surface area contributed by atoms with E-state index in [1.54, 1.807) is 12.1 Å². The largest absolute Gasteiger partial charge is 0.465 e. The fraction of sp³-hybridized carbons (Fsp3) is 0.679. The van der Waals surface area contributed by atoms with Crippen molar-refractivity contribution in [3.63, 3.8) is 0 Å². The minimum atomic E-state index is -0.795. The van der Waals surface area contributed by atoms with Crippen LogP contribution in [-0.2, 0) is 19.1 Å². The molecule has 1 saturated carbocycles. The molecule has 1 unspecified atom stereocenters. The number of carbonyl (C=O) groups is 3. The number of nitrogens with one attached hydrogen (secondary N) is 2. The first kappa shape index (κ1) is 27.5. The Kier molecular flexibility index (Phi) is 8.85. The molecule has 3 aliphatic rings. The quantitative estimate of drug-likeness (QED) is 0.359. The van der Waals surface area contributed by atoms with Crippen molar-refractivity contribution in [2.75, 3.05) is 31.6 Å². The average Bonchev–Trinajstić information content (AvgIpc) is 2.85. The minimum absolute atomic E-state index is 0.0991. The lowest BCUT2D eigenvalue weighted by Crippen LogP contribution is -2.48. The minimum Gasteiger partial charge on any atom is -0.465 e. The van der Waals surface area contributed by atoms with Crippen LogP contribution in [0.2, 0.25) is 0 Å². The van der Waals surface area contributed by atoms with E-state index in [-0.39, 0.29) is 41.9 Å². The number of ether oxygens (including phenoxy) is 1. The average molecular weight is 518 g/mol. The van der Waals surface area contributed by atoms with Crippen LogP contribution >= 0.6 is 0 Å². The summed E-state index contributed by atoms with van der Waals surface area (Å²) in [4.78, 5) is 37.8. The summed E-state index contributed by atoms with van der Waals surface area (Å²) in [5, 5.41) is 16.5. The number of benzene rings is 1. The standard InChI is InChI=1S/C28H40FN3O5/c1-18(2)16-37-27(35)20-7-11-28(36,12-8-20)17-32-13-9-19(10-14-32)22-4-3-21(15-23(22)29)30-24-5-6-25(33)31-26(24)34/h3-4,15,18-20,24,30,36H,5-14,16-17H2,1-2H3,(H,31,33,34). The van der Waals surface area contributed by atoms with Crippen LogP contribution in [0, 0.1) is 17.7 Å². The second kappa shape index (κ2) is 11.9. The van der Waals surface area contributed by atoms with Crippen LogP contribution in [0.15, 0.2) is 18.2 Å². The Hall–Kier alpha value is -2.52. The topological polar surface area (TPSA) is 108 Å². The Morgan fingerprint density at radius 1 is 1.19 bits per heavy atom. The van der Waals surface area contributed by atoms with E-state index in [1.165, 1.54) is 6.07 Å². The van der Waals surface area contributed by atoms with E-state index in [0.717, 1.165) is 25.9 Å². The molecule has 1 atom stereocenters. The number of carbonyl (C=O) groups excluding carboxylic acids is 3. The second-order valence-electron chi connectivity index (χ2n) is 11.5. The maximum absolute atomic E-state index is 15.0. The number of aliphatic hydroxyl groups is 1. The molecule has 0 bridgehead atoms. The summed E-state index contributed by atoms with van der Waals surface area (Å²) in [6.07, 6.45) is 4.73. The van der Waals surface area contributed by atoms with Gasteiger partial charge >= 0.3 is 5.97 Å². The van der Waals surface area contributed by atoms with E-state index in [2.05, 4.69) is 15.5 Å². The number of β-amino-alcohol motifs (C(OH)–C–C–N with tert-alkyl or cyclic N) is 1. The number of nitrogens with zero attached hydrogens (tertiary/aromatic N) is 1. The molecule has 2 saturated heterocycles. The van der Waals surface area contributed by atoms with Gasteiger partial charge in [0.1, 0.15) is 11.9 Å². The highest BCUT2D eigenvalue weighted by atomic mass is 19.1. The van der Waals surface area contributed by atoms with Crippen LogP contribution in [0.1, 0.15) is 76.7 Å². The summed E-state index contributed by atoms with van der Waals surface area (Å²) < 4.78 is 20.4. The van der Waals surface area contributed by atoms with E-state index in [9.17, 15) is 23.9 Å². The first-order valence-electron chi connectivity index (χ1n) is 13.6. The number of anilines is 1. The SMILES string of the molecule is CC(C)COC(=O)C1CCC(O)(CN2CCC(c3ccc(NC4CCC(=O)NC4=O)cc3F)CC2)CC1. The molecule has 204 valence electrons. The lowest BCUT2D eigenvalue weighted by Gasteiger charge is -2.41. The van der Waals surface area contributed by atoms with Gasteiger partial charge in [0.15, 0.2) is 0 Å². The monoisotopic (exact) mass is 517 g/mol. The summed E-state index contributed by atoms with van der Waals surface area (Å²) in [5.41, 5.74) is 0.405. The molecule has 0 aromatic heterocycles. The smallest absolute Gasteiger partial charge is 0.308 e. The summed E-state index contributed by atoms with van der Waals surface area (Å²) in [5.74, 6) is -0.809. The van der Waals surface area contributed by atoms with E-state index >= 15 is 0 Å². The fourth-order valence-electron chi connectivity index (χ4n) is 5.71. The zero-order chi connectivity index (χ0) is 26.6. The van der Waals surface area contributed by atoms with Crippen LogP contribution in [0.25, 0.3) is 0 Å². The van der Waals surface area contributed by atoms with Crippen molar-refractivity contribution in [3.05, 3.63) is 29.6 Å². The van der Waals surface area contributed by atoms with Crippen molar-refractivity contribution in [1.82, 2.24) is 10.2 Å². The van der Waals surface area contributed by atoms with E-state index < -0.39 is 11.6 Å². The molecule has 3 N–H and O–H groups in total. The van der Waals surface area contributed by atoms with Crippen molar-refractivity contribution in [2.24, 2.45) is 11.8 Å². The predicted molar refractivity (Wildman–Crippen MR) is 137 cm³/mol. The van der Waals surface area contributed by atoms with Gasteiger partial charge in [0.25, 0.3) is 0 Å². The molecule has 0 spiro atoms. The van der Waals surface area contributed by atoms with Crippen LogP contribution < -0.4 is 10.6 Å². The number of likely N-dealkylation sites (tertiary alicyclic amines) is 1. The Balaban J connectivity index is 1.23. The lowest BCUT2D eigenvalue weighted by molar-refractivity contribution is -0.153. The fourth-order valence-corrected chi connectivity index (χ4v) is 5.71. The van der Waals surface area contributed by atoms with E-state index in [4.69, 9.17) is 4.74 Å². The van der Waals surface area contributed by atoms with Gasteiger partial charge in [0.2, 0.25) is 11.8 Å². The summed E-state index contributed by atoms with van der Waals surface area (Å²) in [6, 6.07) is 4.47. The van der Waals surface area contributed by atoms with E-state index in [1.807, 2.05) is 13.8 Å². The molecule has 9 heteroatoms. The number of esters is 1. The maximum Gasteiger partial charge on any atom is 0.308 e. The van der Waals surface area contributed by atoms with Crippen LogP contribution in [-0.4, -0.2) is 65.7 Å². The van der Waals surface area contributed by atoms with E-state index in [0.29, 0.717) is 62.4 Å². The number of hydrogen-bond donors (Lipinski definition) is 3. The highest BCUT2D eigenvalue weighted by Crippen LogP contribution is 2.36. The van der Waals surface area contributed by atoms with Crippen LogP contribution in [0.5, 0.6) is 0 Å². The third-order valence-corrected chi connectivity index (χ3v) is 7.93. The number of halogens is 1. The zero-order valence-corrected chi connectivity index (χ0v) is 21.9. The predicted octanol–water partition coefficient (Wildman–Crippen LogP) is 3.34. The first-order chi connectivity index (χ1) is 17.6. The Morgan fingerprint density at radius 2 is 1.89 bits per heavy atom. The van der Waals surface area contributed by atoms with Gasteiger partial charge in [0, 0.05) is 18.7 Å². The molecule has 8 nitrogen and oxygen atoms in total. The number of rotatable bonds is 8. The lowest BCUT2D eigenvalue weighted by atomic mass is 9.78. The van der Waals surface area contributed by atoms with Crippen molar-refractivity contribution in [2.45, 2.75) is 82.8 Å².